The summed E-state index contributed by atoms with van der Waals surface area (Å²) in [5, 5.41) is 4.16. The van der Waals surface area contributed by atoms with Gasteiger partial charge in [0.25, 0.3) is 5.89 Å². The Morgan fingerprint density at radius 3 is 2.93 bits per heavy atom. The average Bonchev–Trinajstić information content (AvgIpc) is 3.24. The number of hydrogen-bond donors (Lipinski definition) is 0. The van der Waals surface area contributed by atoms with E-state index in [1.54, 1.807) is 19.4 Å². The van der Waals surface area contributed by atoms with E-state index >= 15 is 0 Å². The standard InChI is InChI=1S/C19H26FN5O2/c1-24-13-19(9-16(24)18-22-17(12-26-2)27-23-18)4-7-25(8-5-19)11-14-3-6-21-10-15(14)20/h3,6,10,16H,4-5,7-9,11-13H2,1-2H3. The van der Waals surface area contributed by atoms with Crippen molar-refractivity contribution in [1.29, 1.82) is 0 Å². The average molecular weight is 375 g/mol. The number of piperidine rings is 1. The van der Waals surface area contributed by atoms with Gasteiger partial charge in [0.1, 0.15) is 12.4 Å². The zero-order chi connectivity index (χ0) is 18.9. The van der Waals surface area contributed by atoms with Crippen molar-refractivity contribution in [1.82, 2.24) is 24.9 Å². The first-order chi connectivity index (χ1) is 13.1. The molecule has 4 rings (SSSR count). The van der Waals surface area contributed by atoms with Gasteiger partial charge in [0, 0.05) is 32.0 Å². The van der Waals surface area contributed by atoms with Crippen molar-refractivity contribution in [3.8, 4) is 0 Å². The van der Waals surface area contributed by atoms with E-state index in [2.05, 4.69) is 32.0 Å². The lowest BCUT2D eigenvalue weighted by molar-refractivity contribution is 0.104. The van der Waals surface area contributed by atoms with E-state index in [0.29, 0.717) is 19.0 Å². The minimum Gasteiger partial charge on any atom is -0.375 e. The molecule has 1 unspecified atom stereocenters. The fraction of sp³-hybridized carbons (Fsp3) is 0.632. The van der Waals surface area contributed by atoms with Crippen LogP contribution in [-0.2, 0) is 17.9 Å². The summed E-state index contributed by atoms with van der Waals surface area (Å²) in [6.07, 6.45) is 6.18. The van der Waals surface area contributed by atoms with Crippen LogP contribution in [0.25, 0.3) is 0 Å². The number of pyridine rings is 1. The third-order valence-corrected chi connectivity index (χ3v) is 5.96. The highest BCUT2D eigenvalue weighted by atomic mass is 19.1. The van der Waals surface area contributed by atoms with Crippen LogP contribution in [0.1, 0.15) is 42.6 Å². The third-order valence-electron chi connectivity index (χ3n) is 5.96. The second-order valence-electron chi connectivity index (χ2n) is 7.86. The van der Waals surface area contributed by atoms with Crippen LogP contribution in [-0.4, -0.2) is 58.7 Å². The molecule has 0 bridgehead atoms. The minimum atomic E-state index is -0.220. The quantitative estimate of drug-likeness (QED) is 0.795. The summed E-state index contributed by atoms with van der Waals surface area (Å²) in [5.41, 5.74) is 0.995. The molecule has 0 aromatic carbocycles. The smallest absolute Gasteiger partial charge is 0.252 e. The number of aromatic nitrogens is 3. The summed E-state index contributed by atoms with van der Waals surface area (Å²) in [6, 6.07) is 1.95. The molecule has 2 fully saturated rings. The van der Waals surface area contributed by atoms with Crippen LogP contribution in [0.3, 0.4) is 0 Å². The van der Waals surface area contributed by atoms with Gasteiger partial charge in [-0.2, -0.15) is 4.98 Å². The summed E-state index contributed by atoms with van der Waals surface area (Å²) in [7, 11) is 3.75. The second-order valence-corrected chi connectivity index (χ2v) is 7.86. The number of nitrogens with zero attached hydrogens (tertiary/aromatic N) is 5. The lowest BCUT2D eigenvalue weighted by Gasteiger charge is -2.39. The third kappa shape index (κ3) is 3.88. The van der Waals surface area contributed by atoms with E-state index in [9.17, 15) is 4.39 Å². The molecule has 8 heteroatoms. The van der Waals surface area contributed by atoms with Gasteiger partial charge in [-0.15, -0.1) is 0 Å². The molecule has 1 atom stereocenters. The van der Waals surface area contributed by atoms with Crippen LogP contribution in [0.4, 0.5) is 4.39 Å². The highest BCUT2D eigenvalue weighted by Crippen LogP contribution is 2.47. The molecule has 2 aliphatic rings. The molecule has 146 valence electrons. The Morgan fingerprint density at radius 2 is 2.19 bits per heavy atom. The van der Waals surface area contributed by atoms with Crippen molar-refractivity contribution in [3.63, 3.8) is 0 Å². The van der Waals surface area contributed by atoms with E-state index in [1.807, 2.05) is 0 Å². The first-order valence-corrected chi connectivity index (χ1v) is 9.41. The molecule has 27 heavy (non-hydrogen) atoms. The van der Waals surface area contributed by atoms with Gasteiger partial charge in [-0.05, 0) is 50.9 Å². The number of hydrogen-bond acceptors (Lipinski definition) is 7. The summed E-state index contributed by atoms with van der Waals surface area (Å²) >= 11 is 0. The maximum Gasteiger partial charge on any atom is 0.252 e. The van der Waals surface area contributed by atoms with Crippen molar-refractivity contribution < 1.29 is 13.7 Å². The second kappa shape index (κ2) is 7.61. The maximum absolute atomic E-state index is 13.9. The van der Waals surface area contributed by atoms with Gasteiger partial charge in [-0.3, -0.25) is 14.8 Å². The Labute approximate surface area is 158 Å². The predicted molar refractivity (Wildman–Crippen MR) is 96.1 cm³/mol. The summed E-state index contributed by atoms with van der Waals surface area (Å²) < 4.78 is 24.2. The van der Waals surface area contributed by atoms with Gasteiger partial charge < -0.3 is 9.26 Å². The van der Waals surface area contributed by atoms with Crippen molar-refractivity contribution in [2.75, 3.05) is 33.8 Å². The molecular weight excluding hydrogens is 349 g/mol. The Balaban J connectivity index is 1.37. The zero-order valence-corrected chi connectivity index (χ0v) is 15.9. The fourth-order valence-electron chi connectivity index (χ4n) is 4.46. The minimum absolute atomic E-state index is 0.184. The highest BCUT2D eigenvalue weighted by molar-refractivity contribution is 5.13. The molecule has 7 nitrogen and oxygen atoms in total. The van der Waals surface area contributed by atoms with Gasteiger partial charge in [0.15, 0.2) is 5.82 Å². The van der Waals surface area contributed by atoms with Crippen molar-refractivity contribution in [2.24, 2.45) is 5.41 Å². The van der Waals surface area contributed by atoms with Crippen molar-refractivity contribution in [2.45, 2.75) is 38.5 Å². The molecule has 2 aliphatic heterocycles. The molecule has 0 N–H and O–H groups in total. The van der Waals surface area contributed by atoms with Crippen LogP contribution in [0, 0.1) is 11.2 Å². The molecule has 0 aliphatic carbocycles. The number of ether oxygens (including phenoxy) is 1. The SMILES string of the molecule is COCc1nc(C2CC3(CCN(Cc4ccncc4F)CC3)CN2C)no1. The van der Waals surface area contributed by atoms with E-state index in [4.69, 9.17) is 9.26 Å². The number of likely N-dealkylation sites (tertiary alicyclic amines) is 2. The predicted octanol–water partition coefficient (Wildman–Crippen LogP) is 2.41. The van der Waals surface area contributed by atoms with Crippen LogP contribution in [0.5, 0.6) is 0 Å². The number of methoxy groups -OCH3 is 1. The first-order valence-electron chi connectivity index (χ1n) is 9.41. The molecule has 0 saturated carbocycles. The summed E-state index contributed by atoms with van der Waals surface area (Å²) in [5.74, 6) is 1.06. The van der Waals surface area contributed by atoms with Crippen LogP contribution < -0.4 is 0 Å². The summed E-state index contributed by atoms with van der Waals surface area (Å²) in [6.45, 7) is 3.97. The molecule has 0 amide bonds. The normalized spacial score (nSPS) is 23.3. The largest absolute Gasteiger partial charge is 0.375 e. The van der Waals surface area contributed by atoms with Crippen LogP contribution >= 0.6 is 0 Å². The molecule has 0 radical (unpaired) electrons. The topological polar surface area (TPSA) is 67.5 Å². The zero-order valence-electron chi connectivity index (χ0n) is 15.9. The Morgan fingerprint density at radius 1 is 1.37 bits per heavy atom. The Kier molecular flexibility index (Phi) is 5.21. The molecule has 4 heterocycles. The van der Waals surface area contributed by atoms with Gasteiger partial charge in [0.05, 0.1) is 12.2 Å². The van der Waals surface area contributed by atoms with Crippen molar-refractivity contribution >= 4 is 0 Å². The molecule has 2 aromatic rings. The summed E-state index contributed by atoms with van der Waals surface area (Å²) in [4.78, 5) is 13.0. The molecule has 1 spiro atoms. The Hall–Kier alpha value is -1.90. The maximum atomic E-state index is 13.9. The van der Waals surface area contributed by atoms with E-state index in [-0.39, 0.29) is 17.3 Å². The highest BCUT2D eigenvalue weighted by Gasteiger charge is 2.46. The fourth-order valence-corrected chi connectivity index (χ4v) is 4.46. The monoisotopic (exact) mass is 375 g/mol. The van der Waals surface area contributed by atoms with E-state index in [0.717, 1.165) is 50.3 Å². The van der Waals surface area contributed by atoms with E-state index < -0.39 is 0 Å². The van der Waals surface area contributed by atoms with Crippen LogP contribution in [0.15, 0.2) is 23.0 Å². The van der Waals surface area contributed by atoms with E-state index in [1.165, 1.54) is 6.20 Å². The van der Waals surface area contributed by atoms with Crippen molar-refractivity contribution in [3.05, 3.63) is 41.6 Å². The lowest BCUT2D eigenvalue weighted by atomic mass is 9.76. The van der Waals surface area contributed by atoms with Gasteiger partial charge >= 0.3 is 0 Å². The number of halogens is 1. The first kappa shape index (κ1) is 18.5. The molecule has 2 saturated heterocycles. The number of rotatable bonds is 5. The lowest BCUT2D eigenvalue weighted by Crippen LogP contribution is -2.41. The van der Waals surface area contributed by atoms with Gasteiger partial charge in [-0.25, -0.2) is 4.39 Å². The molecule has 2 aromatic heterocycles. The Bertz CT molecular complexity index is 775. The van der Waals surface area contributed by atoms with Gasteiger partial charge in [0.2, 0.25) is 0 Å². The van der Waals surface area contributed by atoms with Crippen LogP contribution in [0.2, 0.25) is 0 Å². The van der Waals surface area contributed by atoms with Gasteiger partial charge in [-0.1, -0.05) is 5.16 Å². The molecular formula is C19H26FN5O2.